The van der Waals surface area contributed by atoms with Crippen LogP contribution in [0.5, 0.6) is 0 Å². The molecule has 3 fully saturated rings. The van der Waals surface area contributed by atoms with Gasteiger partial charge in [0.2, 0.25) is 5.16 Å². The lowest BCUT2D eigenvalue weighted by Crippen LogP contribution is -2.63. The molecule has 0 amide bonds. The van der Waals surface area contributed by atoms with Gasteiger partial charge in [0.15, 0.2) is 5.82 Å². The largest absolute Gasteiger partial charge is 0.461 e. The van der Waals surface area contributed by atoms with E-state index in [-0.39, 0.29) is 34.7 Å². The van der Waals surface area contributed by atoms with E-state index in [4.69, 9.17) is 4.74 Å². The van der Waals surface area contributed by atoms with Gasteiger partial charge in [-0.3, -0.25) is 9.59 Å². The van der Waals surface area contributed by atoms with Crippen LogP contribution >= 0.6 is 11.8 Å². The first-order valence-corrected chi connectivity index (χ1v) is 16.4. The van der Waals surface area contributed by atoms with Gasteiger partial charge in [-0.05, 0) is 67.6 Å². The van der Waals surface area contributed by atoms with Crippen LogP contribution in [0.25, 0.3) is 0 Å². The minimum Gasteiger partial charge on any atom is -0.461 e. The average Bonchev–Trinajstić information content (AvgIpc) is 3.54. The molecule has 0 radical (unpaired) electrons. The molecule has 0 spiro atoms. The third-order valence-electron chi connectivity index (χ3n) is 11.2. The predicted octanol–water partition coefficient (Wildman–Crippen LogP) is 6.49. The second-order valence-corrected chi connectivity index (χ2v) is 14.5. The molecule has 45 heavy (non-hydrogen) atoms. The predicted molar refractivity (Wildman–Crippen MR) is 165 cm³/mol. The molecule has 8 atom stereocenters. The highest BCUT2D eigenvalue weighted by atomic mass is 32.2. The van der Waals surface area contributed by atoms with Crippen LogP contribution in [0.3, 0.4) is 0 Å². The molecule has 1 aromatic carbocycles. The summed E-state index contributed by atoms with van der Waals surface area (Å²) in [5.41, 5.74) is -2.01. The maximum atomic E-state index is 13.6. The quantitative estimate of drug-likeness (QED) is 0.159. The van der Waals surface area contributed by atoms with Gasteiger partial charge < -0.3 is 9.84 Å². The van der Waals surface area contributed by atoms with Crippen LogP contribution in [0.1, 0.15) is 76.8 Å². The minimum absolute atomic E-state index is 0.109. The number of ketones is 1. The molecule has 12 heteroatoms. The molecule has 244 valence electrons. The maximum Gasteiger partial charge on any atom is 0.416 e. The summed E-state index contributed by atoms with van der Waals surface area (Å²) in [4.78, 5) is 27.1. The van der Waals surface area contributed by atoms with E-state index in [9.17, 15) is 27.9 Å². The highest BCUT2D eigenvalue weighted by Gasteiger charge is 2.68. The zero-order valence-electron chi connectivity index (χ0n) is 26.3. The first kappa shape index (κ1) is 33.4. The highest BCUT2D eigenvalue weighted by Crippen LogP contribution is 2.68. The van der Waals surface area contributed by atoms with E-state index in [1.807, 2.05) is 6.92 Å². The van der Waals surface area contributed by atoms with Crippen molar-refractivity contribution in [3.63, 3.8) is 0 Å². The number of esters is 1. The Morgan fingerprint density at radius 3 is 2.56 bits per heavy atom. The van der Waals surface area contributed by atoms with Crippen molar-refractivity contribution in [2.45, 2.75) is 90.3 Å². The Balaban J connectivity index is 1.36. The third-order valence-corrected chi connectivity index (χ3v) is 12.1. The molecule has 8 nitrogen and oxygen atoms in total. The lowest BCUT2D eigenvalue weighted by Gasteiger charge is -2.61. The zero-order chi connectivity index (χ0) is 32.9. The molecule has 2 aromatic rings. The van der Waals surface area contributed by atoms with E-state index in [1.165, 1.54) is 23.0 Å². The van der Waals surface area contributed by atoms with Crippen molar-refractivity contribution >= 4 is 29.7 Å². The zero-order valence-corrected chi connectivity index (χ0v) is 27.1. The van der Waals surface area contributed by atoms with E-state index in [1.54, 1.807) is 13.0 Å². The molecule has 0 saturated heterocycles. The van der Waals surface area contributed by atoms with Gasteiger partial charge in [-0.2, -0.15) is 22.9 Å². The summed E-state index contributed by atoms with van der Waals surface area (Å²) in [6.07, 6.45) is 0.610. The Bertz CT molecular complexity index is 1490. The molecule has 1 N–H and O–H groups in total. The number of aliphatic hydroxyl groups excluding tert-OH is 1. The van der Waals surface area contributed by atoms with Crippen LogP contribution in [-0.2, 0) is 20.5 Å². The Hall–Kier alpha value is -2.99. The number of rotatable bonds is 7. The first-order chi connectivity index (χ1) is 21.1. The van der Waals surface area contributed by atoms with E-state index in [0.29, 0.717) is 29.4 Å². The topological polar surface area (TPSA) is 107 Å². The standard InChI is InChI=1S/C33H41F3N4O4S/c1-7-30(5)16-25(31(6)19(2)12-14-32(20(3)28(30)43)15-13-24(41)27(31)32)44-26(42)18-45-29-39-38-21(4)40(29)37-17-22-8-10-23(11-9-22)33(34,35)36/h7-11,17,19-20,25,27-28,43H,1,12-16,18H2,2-6H3/b37-17+/t19-,20+,25-,27+,28+,30-,31+,32+/m1/s1. The Labute approximate surface area is 265 Å². The van der Waals surface area contributed by atoms with E-state index >= 15 is 0 Å². The van der Waals surface area contributed by atoms with Gasteiger partial charge >= 0.3 is 12.1 Å². The number of nitrogens with zero attached hydrogens (tertiary/aromatic N) is 4. The Kier molecular flexibility index (Phi) is 8.89. The molecule has 3 aliphatic carbocycles. The van der Waals surface area contributed by atoms with Crippen molar-refractivity contribution < 1.29 is 32.6 Å². The van der Waals surface area contributed by atoms with Gasteiger partial charge in [0.25, 0.3) is 0 Å². The average molecular weight is 647 g/mol. The third kappa shape index (κ3) is 5.77. The molecule has 2 bridgehead atoms. The van der Waals surface area contributed by atoms with E-state index in [0.717, 1.165) is 43.2 Å². The molecule has 0 aliphatic heterocycles. The number of halogens is 3. The maximum absolute atomic E-state index is 13.6. The molecule has 3 saturated carbocycles. The Morgan fingerprint density at radius 2 is 1.91 bits per heavy atom. The molecule has 0 unspecified atom stereocenters. The van der Waals surface area contributed by atoms with Crippen LogP contribution in [0, 0.1) is 40.9 Å². The molecule has 3 aliphatic rings. The van der Waals surface area contributed by atoms with Crippen LogP contribution in [0.15, 0.2) is 47.2 Å². The number of benzene rings is 1. The van der Waals surface area contributed by atoms with Gasteiger partial charge in [0.05, 0.1) is 23.6 Å². The van der Waals surface area contributed by atoms with Crippen molar-refractivity contribution in [2.24, 2.45) is 39.1 Å². The molecule has 5 rings (SSSR count). The smallest absolute Gasteiger partial charge is 0.416 e. The van der Waals surface area contributed by atoms with Crippen molar-refractivity contribution in [3.05, 3.63) is 53.9 Å². The van der Waals surface area contributed by atoms with Crippen LogP contribution < -0.4 is 0 Å². The monoisotopic (exact) mass is 646 g/mol. The number of hydrogen-bond donors (Lipinski definition) is 1. The summed E-state index contributed by atoms with van der Waals surface area (Å²) in [5, 5.41) is 24.5. The van der Waals surface area contributed by atoms with Crippen LogP contribution in [-0.4, -0.2) is 55.9 Å². The van der Waals surface area contributed by atoms with Gasteiger partial charge in [-0.1, -0.05) is 57.7 Å². The molecular weight excluding hydrogens is 605 g/mol. The van der Waals surface area contributed by atoms with Crippen molar-refractivity contribution in [2.75, 3.05) is 5.75 Å². The molecular formula is C33H41F3N4O4S. The van der Waals surface area contributed by atoms with Crippen LogP contribution in [0.2, 0.25) is 0 Å². The SMILES string of the molecule is C=C[C@]1(C)C[C@@H](OC(=O)CSc2nnc(C)n2/N=C/c2ccc(C(F)(F)F)cc2)[C@]2(C)[C@H](C)CC[C@]3(CCC(=O)[C@H]32)[C@@H](C)[C@@H]1O. The number of aromatic nitrogens is 3. The second kappa shape index (κ2) is 12.0. The van der Waals surface area contributed by atoms with E-state index in [2.05, 4.69) is 42.6 Å². The summed E-state index contributed by atoms with van der Waals surface area (Å²) in [6.45, 7) is 14.0. The number of Topliss-reactive ketones (excluding diaryl/α,β-unsaturated/α-hetero) is 1. The number of thioether (sulfide) groups is 1. The molecule has 1 heterocycles. The minimum atomic E-state index is -4.43. The van der Waals surface area contributed by atoms with Crippen molar-refractivity contribution in [3.8, 4) is 0 Å². The fourth-order valence-corrected chi connectivity index (χ4v) is 8.98. The molecule has 1 aromatic heterocycles. The van der Waals surface area contributed by atoms with Gasteiger partial charge in [0, 0.05) is 23.2 Å². The fourth-order valence-electron chi connectivity index (χ4n) is 8.26. The first-order valence-electron chi connectivity index (χ1n) is 15.4. The summed E-state index contributed by atoms with van der Waals surface area (Å²) in [6, 6.07) is 4.59. The van der Waals surface area contributed by atoms with E-state index < -0.39 is 40.7 Å². The fraction of sp³-hybridized carbons (Fsp3) is 0.606. The number of aryl methyl sites for hydroxylation is 1. The highest BCUT2D eigenvalue weighted by molar-refractivity contribution is 7.99. The Morgan fingerprint density at radius 1 is 1.22 bits per heavy atom. The number of aliphatic hydroxyl groups is 1. The normalized spacial score (nSPS) is 35.1. The number of ether oxygens (including phenoxy) is 1. The summed E-state index contributed by atoms with van der Waals surface area (Å²) in [7, 11) is 0. The van der Waals surface area contributed by atoms with Crippen LogP contribution in [0.4, 0.5) is 13.2 Å². The summed E-state index contributed by atoms with van der Waals surface area (Å²) < 4.78 is 46.4. The van der Waals surface area contributed by atoms with Crippen molar-refractivity contribution in [1.29, 1.82) is 0 Å². The summed E-state index contributed by atoms with van der Waals surface area (Å²) >= 11 is 1.08. The van der Waals surface area contributed by atoms with Gasteiger partial charge in [-0.25, -0.2) is 0 Å². The second-order valence-electron chi connectivity index (χ2n) is 13.6. The lowest BCUT2D eigenvalue weighted by atomic mass is 9.44. The summed E-state index contributed by atoms with van der Waals surface area (Å²) in [5.74, 6) is -0.299. The lowest BCUT2D eigenvalue weighted by molar-refractivity contribution is -0.205. The van der Waals surface area contributed by atoms with Crippen molar-refractivity contribution in [1.82, 2.24) is 14.9 Å². The number of hydrogen-bond acceptors (Lipinski definition) is 8. The number of carbonyl (C=O) groups excluding carboxylic acids is 2. The number of carbonyl (C=O) groups is 2. The number of alkyl halides is 3. The van der Waals surface area contributed by atoms with Gasteiger partial charge in [-0.15, -0.1) is 16.8 Å². The van der Waals surface area contributed by atoms with Gasteiger partial charge in [0.1, 0.15) is 11.9 Å².